The minimum Gasteiger partial charge on any atom is -0.480 e. The van der Waals surface area contributed by atoms with Crippen molar-refractivity contribution in [2.75, 3.05) is 18.5 Å². The molecule has 0 fully saturated rings. The van der Waals surface area contributed by atoms with Crippen molar-refractivity contribution in [1.29, 1.82) is 0 Å². The number of para-hydroxylation sites is 1. The Balaban J connectivity index is 2.46. The molecule has 0 unspecified atom stereocenters. The van der Waals surface area contributed by atoms with Gasteiger partial charge in [-0.25, -0.2) is 9.59 Å². The number of urea groups is 1. The predicted molar refractivity (Wildman–Crippen MR) is 76.1 cm³/mol. The van der Waals surface area contributed by atoms with Gasteiger partial charge in [0.05, 0.1) is 0 Å². The van der Waals surface area contributed by atoms with E-state index >= 15 is 0 Å². The molecule has 0 spiro atoms. The molecule has 0 aromatic heterocycles. The highest BCUT2D eigenvalue weighted by atomic mass is 16.5. The Labute approximate surface area is 122 Å². The quantitative estimate of drug-likeness (QED) is 0.705. The lowest BCUT2D eigenvalue weighted by Gasteiger charge is -2.10. The molecule has 0 bridgehead atoms. The molecular formula is C14H18N2O5. The fourth-order valence-corrected chi connectivity index (χ4v) is 1.68. The van der Waals surface area contributed by atoms with E-state index < -0.39 is 31.1 Å². The average Bonchev–Trinajstić information content (AvgIpc) is 2.40. The van der Waals surface area contributed by atoms with Gasteiger partial charge in [0.2, 0.25) is 0 Å². The Bertz CT molecular complexity index is 516. The monoisotopic (exact) mass is 294 g/mol. The van der Waals surface area contributed by atoms with Crippen LogP contribution in [-0.2, 0) is 20.7 Å². The van der Waals surface area contributed by atoms with Crippen molar-refractivity contribution in [2.24, 2.45) is 0 Å². The van der Waals surface area contributed by atoms with E-state index in [1.165, 1.54) is 0 Å². The summed E-state index contributed by atoms with van der Waals surface area (Å²) in [4.78, 5) is 33.2. The van der Waals surface area contributed by atoms with Gasteiger partial charge in [0, 0.05) is 5.69 Å². The number of hydrogen-bond acceptors (Lipinski definition) is 4. The van der Waals surface area contributed by atoms with Gasteiger partial charge in [-0.2, -0.15) is 0 Å². The number of aliphatic carboxylic acids is 1. The van der Waals surface area contributed by atoms with Gasteiger partial charge in [-0.15, -0.1) is 0 Å². The topological polar surface area (TPSA) is 105 Å². The third-order valence-corrected chi connectivity index (χ3v) is 2.50. The van der Waals surface area contributed by atoms with Crippen molar-refractivity contribution in [2.45, 2.75) is 19.8 Å². The van der Waals surface area contributed by atoms with E-state index in [1.54, 1.807) is 12.1 Å². The van der Waals surface area contributed by atoms with Gasteiger partial charge in [-0.3, -0.25) is 10.1 Å². The molecule has 0 aliphatic heterocycles. The highest BCUT2D eigenvalue weighted by Crippen LogP contribution is 2.16. The maximum absolute atomic E-state index is 11.7. The van der Waals surface area contributed by atoms with Gasteiger partial charge in [-0.05, 0) is 18.1 Å². The number of imide groups is 1. The van der Waals surface area contributed by atoms with Gasteiger partial charge < -0.3 is 15.2 Å². The first kappa shape index (κ1) is 16.6. The van der Waals surface area contributed by atoms with Gasteiger partial charge in [0.25, 0.3) is 5.91 Å². The molecular weight excluding hydrogens is 276 g/mol. The van der Waals surface area contributed by atoms with Crippen LogP contribution in [0, 0.1) is 0 Å². The Morgan fingerprint density at radius 3 is 2.57 bits per heavy atom. The summed E-state index contributed by atoms with van der Waals surface area (Å²) in [5.41, 5.74) is 1.61. The summed E-state index contributed by atoms with van der Waals surface area (Å²) in [5.74, 6) is -1.89. The highest BCUT2D eigenvalue weighted by molar-refractivity contribution is 6.01. The summed E-state index contributed by atoms with van der Waals surface area (Å²) in [6.45, 7) is 0.949. The van der Waals surface area contributed by atoms with Gasteiger partial charge in [-0.1, -0.05) is 31.5 Å². The van der Waals surface area contributed by atoms with Crippen LogP contribution in [0.1, 0.15) is 18.9 Å². The number of nitrogens with one attached hydrogen (secondary N) is 2. The van der Waals surface area contributed by atoms with Crippen molar-refractivity contribution in [1.82, 2.24) is 5.32 Å². The molecule has 1 rings (SSSR count). The van der Waals surface area contributed by atoms with Crippen LogP contribution in [0.25, 0.3) is 0 Å². The molecule has 21 heavy (non-hydrogen) atoms. The van der Waals surface area contributed by atoms with Crippen LogP contribution in [0.5, 0.6) is 0 Å². The number of ether oxygens (including phenoxy) is 1. The molecule has 0 aliphatic carbocycles. The summed E-state index contributed by atoms with van der Waals surface area (Å²) in [5, 5.41) is 13.0. The zero-order valence-corrected chi connectivity index (χ0v) is 11.7. The molecule has 1 aromatic rings. The largest absolute Gasteiger partial charge is 0.480 e. The number of carbonyl (C=O) groups is 3. The average molecular weight is 294 g/mol. The number of carbonyl (C=O) groups excluding carboxylic acids is 2. The summed E-state index contributed by atoms with van der Waals surface area (Å²) in [7, 11) is 0. The Morgan fingerprint density at radius 1 is 1.19 bits per heavy atom. The molecule has 3 amide bonds. The summed E-state index contributed by atoms with van der Waals surface area (Å²) in [6, 6.07) is 6.63. The van der Waals surface area contributed by atoms with Crippen molar-refractivity contribution < 1.29 is 24.2 Å². The van der Waals surface area contributed by atoms with Crippen molar-refractivity contribution in [3.8, 4) is 0 Å². The second kappa shape index (κ2) is 8.70. The molecule has 0 saturated heterocycles. The number of benzene rings is 1. The Kier molecular flexibility index (Phi) is 6.90. The van der Waals surface area contributed by atoms with Gasteiger partial charge in [0.1, 0.15) is 13.2 Å². The normalized spacial score (nSPS) is 9.95. The van der Waals surface area contributed by atoms with Crippen LogP contribution in [-0.4, -0.2) is 36.2 Å². The maximum atomic E-state index is 11.7. The van der Waals surface area contributed by atoms with Crippen LogP contribution in [0.2, 0.25) is 0 Å². The molecule has 0 radical (unpaired) electrons. The minimum absolute atomic E-state index is 0.490. The molecule has 0 heterocycles. The first-order chi connectivity index (χ1) is 10.0. The van der Waals surface area contributed by atoms with E-state index in [9.17, 15) is 14.4 Å². The first-order valence-corrected chi connectivity index (χ1v) is 6.51. The first-order valence-electron chi connectivity index (χ1n) is 6.51. The van der Waals surface area contributed by atoms with Gasteiger partial charge in [0.15, 0.2) is 0 Å². The molecule has 3 N–H and O–H groups in total. The van der Waals surface area contributed by atoms with E-state index in [1.807, 2.05) is 19.1 Å². The highest BCUT2D eigenvalue weighted by Gasteiger charge is 2.10. The summed E-state index contributed by atoms with van der Waals surface area (Å²) in [6.07, 6.45) is 1.74. The van der Waals surface area contributed by atoms with Crippen LogP contribution in [0.3, 0.4) is 0 Å². The number of hydrogen-bond donors (Lipinski definition) is 3. The van der Waals surface area contributed by atoms with Gasteiger partial charge >= 0.3 is 12.0 Å². The number of carboxylic acid groups (broad SMARTS) is 1. The van der Waals surface area contributed by atoms with Crippen molar-refractivity contribution >= 4 is 23.6 Å². The van der Waals surface area contributed by atoms with Crippen molar-refractivity contribution in [3.63, 3.8) is 0 Å². The van der Waals surface area contributed by atoms with Crippen LogP contribution in [0.4, 0.5) is 10.5 Å². The zero-order valence-electron chi connectivity index (χ0n) is 11.7. The lowest BCUT2D eigenvalue weighted by atomic mass is 10.1. The molecule has 0 atom stereocenters. The molecule has 0 saturated carbocycles. The smallest absolute Gasteiger partial charge is 0.329 e. The number of anilines is 1. The summed E-state index contributed by atoms with van der Waals surface area (Å²) < 4.78 is 4.58. The lowest BCUT2D eigenvalue weighted by Crippen LogP contribution is -2.37. The minimum atomic E-state index is -1.18. The molecule has 7 heteroatoms. The number of aryl methyl sites for hydroxylation is 1. The van der Waals surface area contributed by atoms with E-state index in [0.717, 1.165) is 18.4 Å². The summed E-state index contributed by atoms with van der Waals surface area (Å²) >= 11 is 0. The number of carboxylic acids is 1. The second-order valence-corrected chi connectivity index (χ2v) is 4.30. The molecule has 7 nitrogen and oxygen atoms in total. The van der Waals surface area contributed by atoms with E-state index in [4.69, 9.17) is 5.11 Å². The number of amides is 3. The maximum Gasteiger partial charge on any atom is 0.329 e. The molecule has 0 aliphatic rings. The fourth-order valence-electron chi connectivity index (χ4n) is 1.68. The van der Waals surface area contributed by atoms with Crippen LogP contribution >= 0.6 is 0 Å². The third kappa shape index (κ3) is 6.53. The van der Waals surface area contributed by atoms with Crippen LogP contribution in [0.15, 0.2) is 24.3 Å². The van der Waals surface area contributed by atoms with Crippen LogP contribution < -0.4 is 10.6 Å². The predicted octanol–water partition coefficient (Wildman–Crippen LogP) is 1.39. The third-order valence-electron chi connectivity index (χ3n) is 2.50. The number of rotatable bonds is 7. The fraction of sp³-hybridized carbons (Fsp3) is 0.357. The van der Waals surface area contributed by atoms with E-state index in [2.05, 4.69) is 15.4 Å². The Morgan fingerprint density at radius 2 is 1.90 bits per heavy atom. The molecule has 114 valence electrons. The standard InChI is InChI=1S/C14H18N2O5/c1-2-5-10-6-3-4-7-11(10)15-14(20)16-12(17)8-21-9-13(18)19/h3-4,6-7H,2,5,8-9H2,1H3,(H,18,19)(H2,15,16,17,20). The van der Waals surface area contributed by atoms with Crippen molar-refractivity contribution in [3.05, 3.63) is 29.8 Å². The van der Waals surface area contributed by atoms with E-state index in [0.29, 0.717) is 5.69 Å². The Hall–Kier alpha value is -2.41. The van der Waals surface area contributed by atoms with E-state index in [-0.39, 0.29) is 0 Å². The molecule has 1 aromatic carbocycles. The second-order valence-electron chi connectivity index (χ2n) is 4.30. The SMILES string of the molecule is CCCc1ccccc1NC(=O)NC(=O)COCC(=O)O. The lowest BCUT2D eigenvalue weighted by molar-refractivity contribution is -0.143. The zero-order chi connectivity index (χ0) is 15.7.